The highest BCUT2D eigenvalue weighted by atomic mass is 16.2. The van der Waals surface area contributed by atoms with Crippen LogP contribution in [0.15, 0.2) is 48.5 Å². The van der Waals surface area contributed by atoms with Crippen LogP contribution in [0.4, 0.5) is 11.4 Å². The minimum absolute atomic E-state index is 0.0324. The van der Waals surface area contributed by atoms with E-state index < -0.39 is 0 Å². The number of quaternary nitrogens is 2. The van der Waals surface area contributed by atoms with E-state index in [-0.39, 0.29) is 11.8 Å². The average molecular weight is 411 g/mol. The molecule has 0 bridgehead atoms. The molecule has 30 heavy (non-hydrogen) atoms. The molecule has 1 aliphatic rings. The van der Waals surface area contributed by atoms with Gasteiger partial charge in [-0.05, 0) is 35.7 Å². The highest BCUT2D eigenvalue weighted by molar-refractivity contribution is 5.92. The van der Waals surface area contributed by atoms with Gasteiger partial charge in [-0.1, -0.05) is 38.1 Å². The van der Waals surface area contributed by atoms with Crippen molar-refractivity contribution in [1.82, 2.24) is 0 Å². The summed E-state index contributed by atoms with van der Waals surface area (Å²) in [6, 6.07) is 16.2. The van der Waals surface area contributed by atoms with Gasteiger partial charge in [0.1, 0.15) is 32.7 Å². The van der Waals surface area contributed by atoms with E-state index in [1.165, 1.54) is 23.0 Å². The Labute approximate surface area is 179 Å². The minimum atomic E-state index is -0.107. The lowest BCUT2D eigenvalue weighted by Gasteiger charge is -2.29. The molecule has 6 heteroatoms. The summed E-state index contributed by atoms with van der Waals surface area (Å²) in [5.74, 6) is 0.495. The molecule has 2 amide bonds. The van der Waals surface area contributed by atoms with Crippen LogP contribution in [0.5, 0.6) is 0 Å². The number of benzene rings is 2. The molecule has 1 saturated heterocycles. The average Bonchev–Trinajstić information content (AvgIpc) is 2.71. The summed E-state index contributed by atoms with van der Waals surface area (Å²) >= 11 is 0. The molecule has 0 aliphatic carbocycles. The second-order valence-corrected chi connectivity index (χ2v) is 8.56. The summed E-state index contributed by atoms with van der Waals surface area (Å²) in [6.45, 7) is 11.6. The van der Waals surface area contributed by atoms with Crippen LogP contribution in [0.1, 0.15) is 37.8 Å². The monoisotopic (exact) mass is 410 g/mol. The van der Waals surface area contributed by atoms with Crippen molar-refractivity contribution in [2.45, 2.75) is 33.2 Å². The molecule has 1 aliphatic heterocycles. The van der Waals surface area contributed by atoms with E-state index in [2.05, 4.69) is 48.7 Å². The van der Waals surface area contributed by atoms with Crippen molar-refractivity contribution in [3.63, 3.8) is 0 Å². The zero-order chi connectivity index (χ0) is 21.5. The molecule has 0 aromatic heterocycles. The van der Waals surface area contributed by atoms with Gasteiger partial charge in [0.05, 0.1) is 0 Å². The van der Waals surface area contributed by atoms with Crippen LogP contribution in [0.2, 0.25) is 0 Å². The van der Waals surface area contributed by atoms with Crippen LogP contribution in [0.25, 0.3) is 0 Å². The predicted molar refractivity (Wildman–Crippen MR) is 120 cm³/mol. The first-order valence-electron chi connectivity index (χ1n) is 10.8. The van der Waals surface area contributed by atoms with Gasteiger partial charge in [-0.25, -0.2) is 0 Å². The predicted octanol–water partition coefficient (Wildman–Crippen LogP) is 0.691. The number of hydrogen-bond donors (Lipinski definition) is 4. The maximum absolute atomic E-state index is 12.4. The van der Waals surface area contributed by atoms with Crippen LogP contribution < -0.4 is 20.4 Å². The topological polar surface area (TPSA) is 67.1 Å². The van der Waals surface area contributed by atoms with Gasteiger partial charge in [-0.2, -0.15) is 0 Å². The van der Waals surface area contributed by atoms with Gasteiger partial charge >= 0.3 is 0 Å². The Balaban J connectivity index is 1.40. The number of piperazine rings is 1. The van der Waals surface area contributed by atoms with E-state index in [1.807, 2.05) is 12.1 Å². The first kappa shape index (κ1) is 22.0. The van der Waals surface area contributed by atoms with Gasteiger partial charge in [-0.3, -0.25) is 9.59 Å². The fraction of sp³-hybridized carbons (Fsp3) is 0.417. The van der Waals surface area contributed by atoms with Crippen LogP contribution in [0.3, 0.4) is 0 Å². The first-order valence-corrected chi connectivity index (χ1v) is 10.8. The zero-order valence-corrected chi connectivity index (χ0v) is 18.3. The Morgan fingerprint density at radius 3 is 1.90 bits per heavy atom. The van der Waals surface area contributed by atoms with Gasteiger partial charge in [0.15, 0.2) is 6.54 Å². The Kier molecular flexibility index (Phi) is 7.60. The number of amides is 2. The van der Waals surface area contributed by atoms with Crippen molar-refractivity contribution in [3.8, 4) is 0 Å². The van der Waals surface area contributed by atoms with E-state index in [9.17, 15) is 9.59 Å². The molecule has 1 heterocycles. The molecule has 160 valence electrons. The minimum Gasteiger partial charge on any atom is -0.326 e. The van der Waals surface area contributed by atoms with E-state index in [0.29, 0.717) is 12.5 Å². The van der Waals surface area contributed by atoms with Crippen LogP contribution in [-0.4, -0.2) is 44.5 Å². The lowest BCUT2D eigenvalue weighted by atomic mass is 10.0. The molecular formula is C24H34N4O2+2. The van der Waals surface area contributed by atoms with E-state index in [1.54, 1.807) is 17.0 Å². The molecule has 0 saturated carbocycles. The van der Waals surface area contributed by atoms with E-state index in [0.717, 1.165) is 44.1 Å². The van der Waals surface area contributed by atoms with Crippen LogP contribution >= 0.6 is 0 Å². The third-order valence-corrected chi connectivity index (χ3v) is 5.66. The van der Waals surface area contributed by atoms with Gasteiger partial charge in [0.25, 0.3) is 5.91 Å². The molecule has 2 aromatic rings. The second kappa shape index (κ2) is 10.4. The van der Waals surface area contributed by atoms with Gasteiger partial charge in [-0.15, -0.1) is 0 Å². The summed E-state index contributed by atoms with van der Waals surface area (Å²) in [6.07, 6.45) is 0. The SMILES string of the molecule is CC(=O)Nc1ccc(NC(=O)C[NH+]2CC[NH+](Cc3ccc(C(C)C)cc3)CC2)cc1. The zero-order valence-electron chi connectivity index (χ0n) is 18.3. The highest BCUT2D eigenvalue weighted by Crippen LogP contribution is 2.14. The Morgan fingerprint density at radius 1 is 0.833 bits per heavy atom. The van der Waals surface area contributed by atoms with Crippen LogP contribution in [-0.2, 0) is 16.1 Å². The summed E-state index contributed by atoms with van der Waals surface area (Å²) in [5, 5.41) is 5.68. The Hall–Kier alpha value is -2.70. The molecule has 3 rings (SSSR count). The number of hydrogen-bond acceptors (Lipinski definition) is 2. The number of rotatable bonds is 7. The maximum Gasteiger partial charge on any atom is 0.279 e. The second-order valence-electron chi connectivity index (χ2n) is 8.56. The van der Waals surface area contributed by atoms with E-state index >= 15 is 0 Å². The maximum atomic E-state index is 12.4. The highest BCUT2D eigenvalue weighted by Gasteiger charge is 2.24. The molecule has 0 atom stereocenters. The smallest absolute Gasteiger partial charge is 0.279 e. The lowest BCUT2D eigenvalue weighted by molar-refractivity contribution is -1.02. The largest absolute Gasteiger partial charge is 0.326 e. The molecule has 0 radical (unpaired) electrons. The quantitative estimate of drug-likeness (QED) is 0.543. The molecule has 2 aromatic carbocycles. The van der Waals surface area contributed by atoms with Crippen molar-refractivity contribution < 1.29 is 19.4 Å². The van der Waals surface area contributed by atoms with Crippen molar-refractivity contribution >= 4 is 23.2 Å². The van der Waals surface area contributed by atoms with Gasteiger partial charge in [0, 0.05) is 23.9 Å². The third-order valence-electron chi connectivity index (χ3n) is 5.66. The van der Waals surface area contributed by atoms with Crippen molar-refractivity contribution in [3.05, 3.63) is 59.7 Å². The summed E-state index contributed by atoms with van der Waals surface area (Å²) in [4.78, 5) is 26.4. The number of carbonyl (C=O) groups excluding carboxylic acids is 2. The fourth-order valence-electron chi connectivity index (χ4n) is 3.89. The van der Waals surface area contributed by atoms with Crippen LogP contribution in [0, 0.1) is 0 Å². The number of nitrogens with one attached hydrogen (secondary N) is 4. The molecule has 1 fully saturated rings. The van der Waals surface area contributed by atoms with E-state index in [4.69, 9.17) is 0 Å². The molecular weight excluding hydrogens is 376 g/mol. The number of carbonyl (C=O) groups is 2. The fourth-order valence-corrected chi connectivity index (χ4v) is 3.89. The van der Waals surface area contributed by atoms with Gasteiger partial charge < -0.3 is 20.4 Å². The van der Waals surface area contributed by atoms with Crippen molar-refractivity contribution in [2.75, 3.05) is 43.4 Å². The molecule has 6 nitrogen and oxygen atoms in total. The lowest BCUT2D eigenvalue weighted by Crippen LogP contribution is -3.28. The van der Waals surface area contributed by atoms with Crippen molar-refractivity contribution in [1.29, 1.82) is 0 Å². The van der Waals surface area contributed by atoms with Crippen molar-refractivity contribution in [2.24, 2.45) is 0 Å². The summed E-state index contributed by atoms with van der Waals surface area (Å²) < 4.78 is 0. The van der Waals surface area contributed by atoms with Gasteiger partial charge in [0.2, 0.25) is 5.91 Å². The molecule has 0 spiro atoms. The Morgan fingerprint density at radius 2 is 1.37 bits per heavy atom. The summed E-state index contributed by atoms with van der Waals surface area (Å²) in [7, 11) is 0. The first-order chi connectivity index (χ1) is 14.4. The molecule has 0 unspecified atom stereocenters. The Bertz CT molecular complexity index is 839. The standard InChI is InChI=1S/C24H32N4O2/c1-18(2)21-6-4-20(5-7-21)16-27-12-14-28(15-13-27)17-24(30)26-23-10-8-22(9-11-23)25-19(3)29/h4-11,18H,12-17H2,1-3H3,(H,25,29)(H,26,30)/p+2. The summed E-state index contributed by atoms with van der Waals surface area (Å²) in [5.41, 5.74) is 4.25. The molecule has 4 N–H and O–H groups in total. The third kappa shape index (κ3) is 6.68. The normalized spacial score (nSPS) is 18.8. The number of anilines is 2.